The Kier molecular flexibility index (Phi) is 8.36. The Balaban J connectivity index is 1.97. The Morgan fingerprint density at radius 3 is 2.84 bits per heavy atom. The number of hydrogen-bond acceptors (Lipinski definition) is 4. The molecule has 1 aromatic carbocycles. The maximum Gasteiger partial charge on any atom is 0.253 e. The summed E-state index contributed by atoms with van der Waals surface area (Å²) < 4.78 is 5.51. The fourth-order valence-corrected chi connectivity index (χ4v) is 3.52. The van der Waals surface area contributed by atoms with Crippen LogP contribution in [-0.4, -0.2) is 49.1 Å². The molecule has 0 radical (unpaired) electrons. The fraction of sp³-hybridized carbons (Fsp3) is 0.529. The molecule has 1 aliphatic rings. The van der Waals surface area contributed by atoms with Crippen molar-refractivity contribution < 1.29 is 14.3 Å². The monoisotopic (exact) mass is 404 g/mol. The lowest BCUT2D eigenvalue weighted by Crippen LogP contribution is -2.48. The lowest BCUT2D eigenvalue weighted by atomic mass is 10.1. The molecule has 1 aromatic rings. The van der Waals surface area contributed by atoms with Crippen LogP contribution in [0.5, 0.6) is 0 Å². The first-order valence-electron chi connectivity index (χ1n) is 8.15. The molecule has 5 nitrogen and oxygen atoms in total. The van der Waals surface area contributed by atoms with Crippen LogP contribution in [0.3, 0.4) is 0 Å². The fourth-order valence-electron chi connectivity index (χ4n) is 2.56. The summed E-state index contributed by atoms with van der Waals surface area (Å²) in [6.07, 6.45) is 4.52. The van der Waals surface area contributed by atoms with Gasteiger partial charge in [-0.15, -0.1) is 0 Å². The van der Waals surface area contributed by atoms with Crippen molar-refractivity contribution in [1.29, 1.82) is 0 Å². The van der Waals surface area contributed by atoms with E-state index in [1.165, 1.54) is 6.07 Å². The molecule has 1 saturated heterocycles. The van der Waals surface area contributed by atoms with Crippen LogP contribution in [0.1, 0.15) is 29.6 Å². The minimum absolute atomic E-state index is 0.0616. The van der Waals surface area contributed by atoms with Crippen LogP contribution >= 0.6 is 35.0 Å². The van der Waals surface area contributed by atoms with E-state index in [0.29, 0.717) is 23.6 Å². The molecule has 2 rings (SSSR count). The second kappa shape index (κ2) is 10.3. The first kappa shape index (κ1) is 20.4. The first-order chi connectivity index (χ1) is 12.0. The molecular formula is C17H22Cl2N2O3S. The average Bonchev–Trinajstić information content (AvgIpc) is 3.09. The molecule has 8 heteroatoms. The number of carbonyl (C=O) groups is 2. The lowest BCUT2D eigenvalue weighted by molar-refractivity contribution is -0.123. The van der Waals surface area contributed by atoms with Gasteiger partial charge in [0.15, 0.2) is 0 Å². The number of nitrogens with one attached hydrogen (secondary N) is 2. The van der Waals surface area contributed by atoms with Gasteiger partial charge in [0.25, 0.3) is 5.91 Å². The summed E-state index contributed by atoms with van der Waals surface area (Å²) in [5, 5.41) is 6.35. The van der Waals surface area contributed by atoms with Gasteiger partial charge in [-0.05, 0) is 49.5 Å². The maximum absolute atomic E-state index is 12.5. The zero-order chi connectivity index (χ0) is 18.2. The highest BCUT2D eigenvalue weighted by molar-refractivity contribution is 7.98. The quantitative estimate of drug-likeness (QED) is 0.698. The van der Waals surface area contributed by atoms with Gasteiger partial charge in [0.2, 0.25) is 5.91 Å². The number of hydrogen-bond donors (Lipinski definition) is 2. The van der Waals surface area contributed by atoms with Crippen molar-refractivity contribution in [2.45, 2.75) is 31.4 Å². The van der Waals surface area contributed by atoms with Crippen molar-refractivity contribution in [3.05, 3.63) is 33.8 Å². The maximum atomic E-state index is 12.5. The smallest absolute Gasteiger partial charge is 0.253 e. The first-order valence-corrected chi connectivity index (χ1v) is 10.3. The van der Waals surface area contributed by atoms with Crippen LogP contribution in [0.25, 0.3) is 0 Å². The van der Waals surface area contributed by atoms with E-state index < -0.39 is 6.04 Å². The van der Waals surface area contributed by atoms with E-state index in [1.54, 1.807) is 23.9 Å². The van der Waals surface area contributed by atoms with Crippen molar-refractivity contribution in [3.63, 3.8) is 0 Å². The molecule has 0 spiro atoms. The second-order valence-corrected chi connectivity index (χ2v) is 7.64. The van der Waals surface area contributed by atoms with Crippen LogP contribution in [0, 0.1) is 0 Å². The van der Waals surface area contributed by atoms with Crippen LogP contribution in [0.4, 0.5) is 0 Å². The summed E-state index contributed by atoms with van der Waals surface area (Å²) in [5.41, 5.74) is 0.298. The van der Waals surface area contributed by atoms with E-state index in [1.807, 2.05) is 6.26 Å². The number of rotatable bonds is 8. The highest BCUT2D eigenvalue weighted by Crippen LogP contribution is 2.21. The van der Waals surface area contributed by atoms with Crippen molar-refractivity contribution >= 4 is 46.8 Å². The number of ether oxygens (including phenoxy) is 1. The van der Waals surface area contributed by atoms with Crippen molar-refractivity contribution in [3.8, 4) is 0 Å². The highest BCUT2D eigenvalue weighted by Gasteiger charge is 2.24. The van der Waals surface area contributed by atoms with Crippen LogP contribution in [0.15, 0.2) is 18.2 Å². The SMILES string of the molecule is CSCC[C@@H](NC(=O)c1ccc(Cl)cc1Cl)C(=O)NC[C@H]1CCCO1. The Labute approximate surface area is 162 Å². The molecule has 0 bridgehead atoms. The van der Waals surface area contributed by atoms with E-state index in [0.717, 1.165) is 25.2 Å². The van der Waals surface area contributed by atoms with Gasteiger partial charge in [-0.1, -0.05) is 23.2 Å². The van der Waals surface area contributed by atoms with Gasteiger partial charge in [-0.2, -0.15) is 11.8 Å². The Bertz CT molecular complexity index is 610. The number of carbonyl (C=O) groups excluding carboxylic acids is 2. The van der Waals surface area contributed by atoms with Gasteiger partial charge < -0.3 is 15.4 Å². The Morgan fingerprint density at radius 1 is 1.40 bits per heavy atom. The van der Waals surface area contributed by atoms with Gasteiger partial charge in [0, 0.05) is 18.2 Å². The molecule has 1 aliphatic heterocycles. The third-order valence-electron chi connectivity index (χ3n) is 3.94. The van der Waals surface area contributed by atoms with E-state index >= 15 is 0 Å². The number of thioether (sulfide) groups is 1. The summed E-state index contributed by atoms with van der Waals surface area (Å²) in [7, 11) is 0. The second-order valence-electron chi connectivity index (χ2n) is 5.81. The standard InChI is InChI=1S/C17H22Cl2N2O3S/c1-25-8-6-15(17(23)20-10-12-3-2-7-24-12)21-16(22)13-5-4-11(18)9-14(13)19/h4-5,9,12,15H,2-3,6-8,10H2,1H3,(H,20,23)(H,21,22)/t12-,15-/m1/s1. The van der Waals surface area contributed by atoms with Crippen molar-refractivity contribution in [1.82, 2.24) is 10.6 Å². The predicted molar refractivity (Wildman–Crippen MR) is 103 cm³/mol. The summed E-state index contributed by atoms with van der Waals surface area (Å²) in [6, 6.07) is 4.03. The minimum atomic E-state index is -0.618. The van der Waals surface area contributed by atoms with E-state index in [9.17, 15) is 9.59 Å². The van der Waals surface area contributed by atoms with Gasteiger partial charge in [0.05, 0.1) is 16.7 Å². The largest absolute Gasteiger partial charge is 0.376 e. The molecule has 0 saturated carbocycles. The zero-order valence-electron chi connectivity index (χ0n) is 14.0. The number of amides is 2. The molecule has 138 valence electrons. The van der Waals surface area contributed by atoms with Crippen molar-refractivity contribution in [2.24, 2.45) is 0 Å². The van der Waals surface area contributed by atoms with Gasteiger partial charge in [-0.25, -0.2) is 0 Å². The normalized spacial score (nSPS) is 18.0. The summed E-state index contributed by atoms with van der Waals surface area (Å²) in [6.45, 7) is 1.20. The Morgan fingerprint density at radius 2 is 2.20 bits per heavy atom. The molecule has 25 heavy (non-hydrogen) atoms. The zero-order valence-corrected chi connectivity index (χ0v) is 16.3. The molecule has 2 N–H and O–H groups in total. The molecule has 1 fully saturated rings. The third kappa shape index (κ3) is 6.37. The van der Waals surface area contributed by atoms with E-state index in [4.69, 9.17) is 27.9 Å². The number of benzene rings is 1. The molecule has 2 amide bonds. The minimum Gasteiger partial charge on any atom is -0.376 e. The van der Waals surface area contributed by atoms with Crippen LogP contribution < -0.4 is 10.6 Å². The van der Waals surface area contributed by atoms with E-state index in [-0.39, 0.29) is 22.9 Å². The number of halogens is 2. The summed E-state index contributed by atoms with van der Waals surface area (Å²) >= 11 is 13.5. The predicted octanol–water partition coefficient (Wildman–Crippen LogP) is 3.14. The molecule has 1 heterocycles. The van der Waals surface area contributed by atoms with Gasteiger partial charge in [-0.3, -0.25) is 9.59 Å². The molecule has 2 atom stereocenters. The summed E-state index contributed by atoms with van der Waals surface area (Å²) in [4.78, 5) is 24.9. The van der Waals surface area contributed by atoms with Gasteiger partial charge >= 0.3 is 0 Å². The van der Waals surface area contributed by atoms with Crippen molar-refractivity contribution in [2.75, 3.05) is 25.2 Å². The lowest BCUT2D eigenvalue weighted by Gasteiger charge is -2.20. The average molecular weight is 405 g/mol. The molecule has 0 aliphatic carbocycles. The third-order valence-corrected chi connectivity index (χ3v) is 5.13. The van der Waals surface area contributed by atoms with E-state index in [2.05, 4.69) is 10.6 Å². The highest BCUT2D eigenvalue weighted by atomic mass is 35.5. The van der Waals surface area contributed by atoms with Crippen LogP contribution in [-0.2, 0) is 9.53 Å². The molecule has 0 aromatic heterocycles. The topological polar surface area (TPSA) is 67.4 Å². The Hall–Kier alpha value is -0.950. The van der Waals surface area contributed by atoms with Gasteiger partial charge in [0.1, 0.15) is 6.04 Å². The van der Waals surface area contributed by atoms with Crippen LogP contribution in [0.2, 0.25) is 10.0 Å². The molecule has 0 unspecified atom stereocenters. The molecular weight excluding hydrogens is 383 g/mol. The summed E-state index contributed by atoms with van der Waals surface area (Å²) in [5.74, 6) is 0.162.